The quantitative estimate of drug-likeness (QED) is 0.456. The summed E-state index contributed by atoms with van der Waals surface area (Å²) in [5.74, 6) is 1.18. The Bertz CT molecular complexity index is 1330. The van der Waals surface area contributed by atoms with Crippen molar-refractivity contribution in [2.24, 2.45) is 5.92 Å². The Morgan fingerprint density at radius 1 is 0.944 bits per heavy atom. The number of ether oxygens (including phenoxy) is 1. The number of para-hydroxylation sites is 4. The number of Topliss-reactive ketones (excluding diaryl/α,β-unsaturated/α-hetero) is 1. The summed E-state index contributed by atoms with van der Waals surface area (Å²) in [6.45, 7) is 3.61. The first-order valence-electron chi connectivity index (χ1n) is 12.3. The van der Waals surface area contributed by atoms with Crippen molar-refractivity contribution in [3.05, 3.63) is 78.4 Å². The maximum absolute atomic E-state index is 13.2. The van der Waals surface area contributed by atoms with Crippen LogP contribution in [-0.2, 0) is 10.0 Å². The molecular formula is C28H30N2O5S. The monoisotopic (exact) mass is 506 g/mol. The summed E-state index contributed by atoms with van der Waals surface area (Å²) in [6.07, 6.45) is 1.02. The summed E-state index contributed by atoms with van der Waals surface area (Å²) in [4.78, 5) is 14.4. The molecule has 5 rings (SSSR count). The number of hydrogen-bond acceptors (Lipinski definition) is 6. The zero-order valence-electron chi connectivity index (χ0n) is 20.3. The highest BCUT2D eigenvalue weighted by atomic mass is 32.2. The molecule has 7 nitrogen and oxygen atoms in total. The van der Waals surface area contributed by atoms with E-state index in [4.69, 9.17) is 4.74 Å². The van der Waals surface area contributed by atoms with E-state index in [1.54, 1.807) is 26.0 Å². The largest absolute Gasteiger partial charge is 0.453 e. The Morgan fingerprint density at radius 2 is 1.53 bits per heavy atom. The van der Waals surface area contributed by atoms with Gasteiger partial charge in [-0.05, 0) is 55.7 Å². The van der Waals surface area contributed by atoms with E-state index in [2.05, 4.69) is 9.62 Å². The third-order valence-corrected chi connectivity index (χ3v) is 8.41. The molecular weight excluding hydrogens is 476 g/mol. The molecule has 0 amide bonds. The Morgan fingerprint density at radius 3 is 2.11 bits per heavy atom. The fourth-order valence-electron chi connectivity index (χ4n) is 5.06. The number of anilines is 2. The average molecular weight is 507 g/mol. The number of nitrogens with one attached hydrogen (secondary N) is 1. The van der Waals surface area contributed by atoms with E-state index in [0.29, 0.717) is 29.9 Å². The van der Waals surface area contributed by atoms with Crippen molar-refractivity contribution in [2.75, 3.05) is 4.90 Å². The lowest BCUT2D eigenvalue weighted by atomic mass is 9.86. The molecule has 2 aliphatic rings. The van der Waals surface area contributed by atoms with Crippen LogP contribution in [0.3, 0.4) is 0 Å². The molecule has 0 spiro atoms. The Labute approximate surface area is 211 Å². The van der Waals surface area contributed by atoms with E-state index >= 15 is 0 Å². The van der Waals surface area contributed by atoms with Gasteiger partial charge in [0.25, 0.3) is 0 Å². The smallest absolute Gasteiger partial charge is 0.240 e. The molecule has 8 heteroatoms. The van der Waals surface area contributed by atoms with Gasteiger partial charge in [-0.1, -0.05) is 50.2 Å². The van der Waals surface area contributed by atoms with Gasteiger partial charge in [0.1, 0.15) is 0 Å². The highest BCUT2D eigenvalue weighted by molar-refractivity contribution is 7.89. The summed E-state index contributed by atoms with van der Waals surface area (Å²) in [6, 6.07) is 20.3. The van der Waals surface area contributed by atoms with Crippen molar-refractivity contribution in [3.8, 4) is 11.5 Å². The number of sulfonamides is 1. The van der Waals surface area contributed by atoms with Crippen LogP contribution in [0.2, 0.25) is 0 Å². The first-order chi connectivity index (χ1) is 17.3. The van der Waals surface area contributed by atoms with Crippen LogP contribution in [-0.4, -0.2) is 37.5 Å². The van der Waals surface area contributed by atoms with Crippen LogP contribution in [0.4, 0.5) is 11.4 Å². The molecule has 2 N–H and O–H groups in total. The van der Waals surface area contributed by atoms with Gasteiger partial charge in [0.2, 0.25) is 10.0 Å². The number of aliphatic hydroxyl groups excluding tert-OH is 1. The normalized spacial score (nSPS) is 21.4. The molecule has 188 valence electrons. The molecule has 1 fully saturated rings. The van der Waals surface area contributed by atoms with E-state index in [1.807, 2.05) is 48.5 Å². The number of nitrogens with zero attached hydrogens (tertiary/aromatic N) is 1. The molecule has 0 saturated heterocycles. The molecule has 0 aromatic heterocycles. The minimum absolute atomic E-state index is 0.0384. The number of fused-ring (bicyclic) bond motifs is 2. The molecule has 1 aliphatic heterocycles. The second kappa shape index (κ2) is 9.69. The van der Waals surface area contributed by atoms with Gasteiger partial charge in [-0.3, -0.25) is 4.79 Å². The lowest BCUT2D eigenvalue weighted by molar-refractivity contribution is 0.0807. The molecule has 1 unspecified atom stereocenters. The Hall–Kier alpha value is -3.20. The van der Waals surface area contributed by atoms with E-state index in [9.17, 15) is 18.3 Å². The summed E-state index contributed by atoms with van der Waals surface area (Å²) in [5.41, 5.74) is 2.16. The van der Waals surface area contributed by atoms with Crippen LogP contribution < -0.4 is 14.4 Å². The minimum Gasteiger partial charge on any atom is -0.453 e. The van der Waals surface area contributed by atoms with E-state index < -0.39 is 22.2 Å². The molecule has 1 aliphatic carbocycles. The lowest BCUT2D eigenvalue weighted by Crippen LogP contribution is -2.56. The van der Waals surface area contributed by atoms with Gasteiger partial charge in [0.15, 0.2) is 17.3 Å². The molecule has 0 bridgehead atoms. The summed E-state index contributed by atoms with van der Waals surface area (Å²) in [5, 5.41) is 11.5. The van der Waals surface area contributed by atoms with Gasteiger partial charge in [-0.25, -0.2) is 13.1 Å². The van der Waals surface area contributed by atoms with Crippen LogP contribution >= 0.6 is 0 Å². The first-order valence-corrected chi connectivity index (χ1v) is 13.7. The number of aliphatic hydroxyl groups is 1. The van der Waals surface area contributed by atoms with Crippen molar-refractivity contribution in [1.82, 2.24) is 4.72 Å². The van der Waals surface area contributed by atoms with Crippen LogP contribution in [0.5, 0.6) is 11.5 Å². The van der Waals surface area contributed by atoms with Crippen molar-refractivity contribution in [1.29, 1.82) is 0 Å². The average Bonchev–Trinajstić information content (AvgIpc) is 2.88. The summed E-state index contributed by atoms with van der Waals surface area (Å²) >= 11 is 0. The van der Waals surface area contributed by atoms with Gasteiger partial charge in [0, 0.05) is 11.5 Å². The fraction of sp³-hybridized carbons (Fsp3) is 0.321. The number of rotatable bonds is 6. The van der Waals surface area contributed by atoms with Gasteiger partial charge in [0.05, 0.1) is 34.5 Å². The summed E-state index contributed by atoms with van der Waals surface area (Å²) < 4.78 is 35.2. The maximum atomic E-state index is 13.2. The zero-order valence-corrected chi connectivity index (χ0v) is 21.1. The highest BCUT2D eigenvalue weighted by Gasteiger charge is 2.41. The van der Waals surface area contributed by atoms with Gasteiger partial charge in [-0.2, -0.15) is 0 Å². The number of benzene rings is 3. The van der Waals surface area contributed by atoms with Crippen molar-refractivity contribution >= 4 is 27.2 Å². The van der Waals surface area contributed by atoms with E-state index in [-0.39, 0.29) is 22.6 Å². The van der Waals surface area contributed by atoms with Crippen LogP contribution in [0.25, 0.3) is 0 Å². The highest BCUT2D eigenvalue weighted by Crippen LogP contribution is 2.49. The standard InChI is InChI=1S/C28H30N2O5S/c1-18(2)27(31)19-14-16-20(17-15-19)36(33,34)29-21-8-7-11-24(28(21)32)30-22-9-3-5-12-25(22)35-26-13-6-4-10-23(26)30/h3-6,9-10,12-18,21,24,28-29,32H,7-8,11H2,1-2H3/t21?,24-,28-/m0/s1. The molecule has 1 saturated carbocycles. The van der Waals surface area contributed by atoms with Crippen molar-refractivity contribution < 1.29 is 23.1 Å². The molecule has 3 aromatic rings. The number of carbonyl (C=O) groups excluding carboxylic acids is 1. The van der Waals surface area contributed by atoms with Gasteiger partial charge < -0.3 is 14.7 Å². The molecule has 3 aromatic carbocycles. The van der Waals surface area contributed by atoms with Gasteiger partial charge in [-0.15, -0.1) is 0 Å². The number of hydrogen-bond donors (Lipinski definition) is 2. The molecule has 0 radical (unpaired) electrons. The Balaban J connectivity index is 1.41. The van der Waals surface area contributed by atoms with Crippen molar-refractivity contribution in [2.45, 2.75) is 56.2 Å². The third-order valence-electron chi connectivity index (χ3n) is 6.90. The maximum Gasteiger partial charge on any atom is 0.240 e. The molecule has 36 heavy (non-hydrogen) atoms. The SMILES string of the molecule is CC(C)C(=O)c1ccc(S(=O)(=O)NC2CCC[C@H](N3c4ccccc4Oc4ccccc43)[C@H]2O)cc1. The second-order valence-corrected chi connectivity index (χ2v) is 11.4. The van der Waals surface area contributed by atoms with E-state index in [1.165, 1.54) is 12.1 Å². The lowest BCUT2D eigenvalue weighted by Gasteiger charge is -2.44. The topological polar surface area (TPSA) is 95.9 Å². The third kappa shape index (κ3) is 4.52. The number of ketones is 1. The van der Waals surface area contributed by atoms with Crippen molar-refractivity contribution in [3.63, 3.8) is 0 Å². The van der Waals surface area contributed by atoms with E-state index in [0.717, 1.165) is 17.8 Å². The predicted molar refractivity (Wildman–Crippen MR) is 138 cm³/mol. The first kappa shape index (κ1) is 24.5. The molecule has 1 heterocycles. The van der Waals surface area contributed by atoms with Crippen LogP contribution in [0.1, 0.15) is 43.5 Å². The predicted octanol–water partition coefficient (Wildman–Crippen LogP) is 5.03. The fourth-order valence-corrected chi connectivity index (χ4v) is 6.34. The number of carbonyl (C=O) groups is 1. The zero-order chi connectivity index (χ0) is 25.4. The minimum atomic E-state index is -3.90. The summed E-state index contributed by atoms with van der Waals surface area (Å²) in [7, 11) is -3.90. The van der Waals surface area contributed by atoms with Crippen LogP contribution in [0, 0.1) is 5.92 Å². The van der Waals surface area contributed by atoms with Crippen LogP contribution in [0.15, 0.2) is 77.7 Å². The second-order valence-electron chi connectivity index (χ2n) is 9.67. The Kier molecular flexibility index (Phi) is 6.59. The van der Waals surface area contributed by atoms with Gasteiger partial charge >= 0.3 is 0 Å². The molecule has 3 atom stereocenters.